The van der Waals surface area contributed by atoms with Crippen molar-refractivity contribution in [3.63, 3.8) is 0 Å². The van der Waals surface area contributed by atoms with Crippen molar-refractivity contribution >= 4 is 17.3 Å². The molecule has 0 aliphatic carbocycles. The fourth-order valence-corrected chi connectivity index (χ4v) is 2.50. The Labute approximate surface area is 120 Å². The smallest absolute Gasteiger partial charge is 0.353 e. The summed E-state index contributed by atoms with van der Waals surface area (Å²) in [7, 11) is 0. The van der Waals surface area contributed by atoms with Gasteiger partial charge in [-0.2, -0.15) is 0 Å². The molecular formula is C16H9NO2S. The summed E-state index contributed by atoms with van der Waals surface area (Å²) >= 11 is 1.35. The number of esters is 1. The molecule has 3 aromatic rings. The average molecular weight is 279 g/mol. The van der Waals surface area contributed by atoms with Gasteiger partial charge in [-0.05, 0) is 30.3 Å². The Kier molecular flexibility index (Phi) is 3.44. The molecule has 0 fully saturated rings. The highest BCUT2D eigenvalue weighted by molar-refractivity contribution is 7.17. The third-order valence-corrected chi connectivity index (χ3v) is 3.67. The maximum absolute atomic E-state index is 12.0. The van der Waals surface area contributed by atoms with Gasteiger partial charge in [-0.25, -0.2) is 4.79 Å². The highest BCUT2D eigenvalue weighted by Crippen LogP contribution is 2.27. The van der Waals surface area contributed by atoms with Crippen molar-refractivity contribution in [3.8, 4) is 16.2 Å². The van der Waals surface area contributed by atoms with E-state index in [-0.39, 0.29) is 5.97 Å². The van der Waals surface area contributed by atoms with Crippen molar-refractivity contribution in [2.75, 3.05) is 0 Å². The van der Waals surface area contributed by atoms with E-state index < -0.39 is 0 Å². The summed E-state index contributed by atoms with van der Waals surface area (Å²) in [6.07, 6.45) is 3.23. The van der Waals surface area contributed by atoms with Crippen LogP contribution < -0.4 is 4.74 Å². The molecule has 96 valence electrons. The molecule has 0 amide bonds. The first-order valence-corrected chi connectivity index (χ1v) is 6.75. The Bertz CT molecular complexity index is 708. The number of carbonyl (C=O) groups is 1. The SMILES string of the molecule is O=C(Oc1ccccc1)c1ccc(-c2c#ccnc2)s1. The van der Waals surface area contributed by atoms with Gasteiger partial charge in [0.15, 0.2) is 0 Å². The molecule has 0 aliphatic heterocycles. The lowest BCUT2D eigenvalue weighted by Crippen LogP contribution is -2.05. The number of aromatic nitrogens is 1. The maximum atomic E-state index is 12.0. The first-order chi connectivity index (χ1) is 9.83. The highest BCUT2D eigenvalue weighted by atomic mass is 32.1. The number of benzene rings is 1. The van der Waals surface area contributed by atoms with E-state index >= 15 is 0 Å². The van der Waals surface area contributed by atoms with Crippen molar-refractivity contribution < 1.29 is 9.53 Å². The van der Waals surface area contributed by atoms with Gasteiger partial charge in [-0.1, -0.05) is 24.3 Å². The number of ether oxygens (including phenoxy) is 1. The largest absolute Gasteiger partial charge is 0.422 e. The van der Waals surface area contributed by atoms with E-state index in [4.69, 9.17) is 4.74 Å². The van der Waals surface area contributed by atoms with Crippen molar-refractivity contribution in [1.82, 2.24) is 4.98 Å². The number of nitrogens with zero attached hydrogens (tertiary/aromatic N) is 1. The van der Waals surface area contributed by atoms with Crippen molar-refractivity contribution in [3.05, 3.63) is 71.9 Å². The fraction of sp³-hybridized carbons (Fsp3) is 0. The van der Waals surface area contributed by atoms with Gasteiger partial charge in [-0.15, -0.1) is 11.3 Å². The topological polar surface area (TPSA) is 39.2 Å². The van der Waals surface area contributed by atoms with Gasteiger partial charge in [0.05, 0.1) is 11.8 Å². The van der Waals surface area contributed by atoms with E-state index in [0.29, 0.717) is 10.6 Å². The minimum absolute atomic E-state index is 0.361. The van der Waals surface area contributed by atoms with Gasteiger partial charge in [0.1, 0.15) is 10.6 Å². The zero-order chi connectivity index (χ0) is 13.8. The minimum Gasteiger partial charge on any atom is -0.422 e. The number of carbonyl (C=O) groups excluding carboxylic acids is 1. The Hall–Kier alpha value is -2.64. The molecule has 0 bridgehead atoms. The second-order valence-corrected chi connectivity index (χ2v) is 5.04. The van der Waals surface area contributed by atoms with Crippen LogP contribution in [0, 0.1) is 12.1 Å². The maximum Gasteiger partial charge on any atom is 0.353 e. The van der Waals surface area contributed by atoms with Crippen LogP contribution >= 0.6 is 11.3 Å². The number of hydrogen-bond donors (Lipinski definition) is 0. The molecule has 2 aromatic heterocycles. The predicted octanol–water partition coefficient (Wildman–Crippen LogP) is 3.63. The first-order valence-electron chi connectivity index (χ1n) is 5.94. The fourth-order valence-electron chi connectivity index (χ4n) is 1.65. The van der Waals surface area contributed by atoms with Crippen LogP contribution in [0.5, 0.6) is 5.75 Å². The van der Waals surface area contributed by atoms with Crippen molar-refractivity contribution in [2.24, 2.45) is 0 Å². The molecule has 4 heteroatoms. The summed E-state index contributed by atoms with van der Waals surface area (Å²) in [4.78, 5) is 17.5. The minimum atomic E-state index is -0.361. The monoisotopic (exact) mass is 279 g/mol. The van der Waals surface area contributed by atoms with Crippen LogP contribution in [-0.2, 0) is 0 Å². The predicted molar refractivity (Wildman–Crippen MR) is 76.6 cm³/mol. The summed E-state index contributed by atoms with van der Waals surface area (Å²) in [6.45, 7) is 0. The lowest BCUT2D eigenvalue weighted by atomic mass is 10.3. The van der Waals surface area contributed by atoms with E-state index in [1.165, 1.54) is 11.3 Å². The summed E-state index contributed by atoms with van der Waals surface area (Å²) in [5.74, 6) is 0.175. The molecule has 1 aromatic carbocycles. The molecule has 20 heavy (non-hydrogen) atoms. The van der Waals surface area contributed by atoms with E-state index in [1.807, 2.05) is 24.3 Å². The van der Waals surface area contributed by atoms with Gasteiger partial charge >= 0.3 is 5.97 Å². The van der Waals surface area contributed by atoms with E-state index in [1.54, 1.807) is 30.6 Å². The molecule has 0 atom stereocenters. The first kappa shape index (κ1) is 12.4. The zero-order valence-corrected chi connectivity index (χ0v) is 11.2. The third kappa shape index (κ3) is 2.68. The van der Waals surface area contributed by atoms with Crippen LogP contribution in [0.15, 0.2) is 54.9 Å². The molecule has 0 saturated carbocycles. The third-order valence-electron chi connectivity index (χ3n) is 2.58. The van der Waals surface area contributed by atoms with E-state index in [2.05, 4.69) is 17.1 Å². The summed E-state index contributed by atoms with van der Waals surface area (Å²) in [5.41, 5.74) is 0.816. The standard InChI is InChI=1S/C16H9NO2S/c18-16(19-13-6-2-1-3-7-13)15-9-8-14(20-15)12-5-4-10-17-11-12/h1-3,6-11H. The molecule has 0 aliphatic rings. The van der Waals surface area contributed by atoms with Crippen LogP contribution in [0.4, 0.5) is 0 Å². The van der Waals surface area contributed by atoms with Crippen LogP contribution in [0.1, 0.15) is 9.67 Å². The van der Waals surface area contributed by atoms with E-state index in [9.17, 15) is 4.79 Å². The summed E-state index contributed by atoms with van der Waals surface area (Å²) < 4.78 is 5.29. The summed E-state index contributed by atoms with van der Waals surface area (Å²) in [5, 5.41) is 0. The van der Waals surface area contributed by atoms with Gasteiger partial charge in [0, 0.05) is 11.1 Å². The molecule has 0 radical (unpaired) electrons. The number of rotatable bonds is 3. The van der Waals surface area contributed by atoms with Gasteiger partial charge in [0.2, 0.25) is 0 Å². The molecular weight excluding hydrogens is 270 g/mol. The van der Waals surface area contributed by atoms with Crippen molar-refractivity contribution in [1.29, 1.82) is 0 Å². The van der Waals surface area contributed by atoms with Gasteiger partial charge in [-0.3, -0.25) is 4.98 Å². The molecule has 3 rings (SSSR count). The van der Waals surface area contributed by atoms with E-state index in [0.717, 1.165) is 10.4 Å². The average Bonchev–Trinajstić information content (AvgIpc) is 2.99. The highest BCUT2D eigenvalue weighted by Gasteiger charge is 2.12. The lowest BCUT2D eigenvalue weighted by Gasteiger charge is -2.01. The summed E-state index contributed by atoms with van der Waals surface area (Å²) in [6, 6.07) is 18.4. The number of thiophene rings is 1. The Balaban J connectivity index is 1.79. The molecule has 0 spiro atoms. The molecule has 0 saturated heterocycles. The normalized spacial score (nSPS) is 9.80. The second kappa shape index (κ2) is 5.55. The quantitative estimate of drug-likeness (QED) is 0.543. The van der Waals surface area contributed by atoms with Gasteiger partial charge in [0.25, 0.3) is 0 Å². The number of para-hydroxylation sites is 1. The van der Waals surface area contributed by atoms with Crippen molar-refractivity contribution in [2.45, 2.75) is 0 Å². The molecule has 0 N–H and O–H groups in total. The molecule has 3 nitrogen and oxygen atoms in total. The van der Waals surface area contributed by atoms with Crippen LogP contribution in [-0.4, -0.2) is 11.0 Å². The Morgan fingerprint density at radius 1 is 1.15 bits per heavy atom. The Morgan fingerprint density at radius 3 is 2.75 bits per heavy atom. The molecule has 2 heterocycles. The second-order valence-electron chi connectivity index (χ2n) is 3.96. The van der Waals surface area contributed by atoms with Crippen LogP contribution in [0.2, 0.25) is 0 Å². The van der Waals surface area contributed by atoms with Gasteiger partial charge < -0.3 is 4.74 Å². The lowest BCUT2D eigenvalue weighted by molar-refractivity contribution is 0.0740. The number of hydrogen-bond acceptors (Lipinski definition) is 4. The van der Waals surface area contributed by atoms with Crippen LogP contribution in [0.25, 0.3) is 10.4 Å². The molecule has 0 unspecified atom stereocenters. The Morgan fingerprint density at radius 2 is 2.00 bits per heavy atom. The van der Waals surface area contributed by atoms with Crippen LogP contribution in [0.3, 0.4) is 0 Å². The zero-order valence-electron chi connectivity index (χ0n) is 10.4.